The number of carbonyl (C=O) groups excluding carboxylic acids is 2. The van der Waals surface area contributed by atoms with E-state index in [4.69, 9.17) is 0 Å². The number of nitrogens with zero attached hydrogens (tertiary/aromatic N) is 1. The zero-order chi connectivity index (χ0) is 15.7. The molecule has 22 heavy (non-hydrogen) atoms. The van der Waals surface area contributed by atoms with Crippen molar-refractivity contribution in [2.45, 2.75) is 6.54 Å². The minimum absolute atomic E-state index is 0.166. The van der Waals surface area contributed by atoms with Crippen LogP contribution >= 0.6 is 0 Å². The number of rotatable bonds is 4. The second-order valence-electron chi connectivity index (χ2n) is 5.16. The van der Waals surface area contributed by atoms with E-state index in [1.165, 1.54) is 4.90 Å². The molecule has 110 valence electrons. The molecule has 0 saturated carbocycles. The molecule has 1 N–H and O–H groups in total. The summed E-state index contributed by atoms with van der Waals surface area (Å²) in [5.41, 5.74) is 4.85. The highest BCUT2D eigenvalue weighted by Gasteiger charge is 2.30. The fraction of sp³-hybridized carbons (Fsp3) is 0.111. The lowest BCUT2D eigenvalue weighted by atomic mass is 9.97. The summed E-state index contributed by atoms with van der Waals surface area (Å²) in [6.07, 6.45) is 0.616. The van der Waals surface area contributed by atoms with E-state index in [0.717, 1.165) is 22.4 Å². The molecule has 0 aliphatic carbocycles. The summed E-state index contributed by atoms with van der Waals surface area (Å²) in [4.78, 5) is 24.7. The number of benzene rings is 2. The molecular weight excluding hydrogens is 276 g/mol. The minimum atomic E-state index is -0.166. The third-order valence-electron chi connectivity index (χ3n) is 3.94. The molecule has 0 fully saturated rings. The van der Waals surface area contributed by atoms with Gasteiger partial charge in [-0.15, -0.1) is 0 Å². The predicted octanol–water partition coefficient (Wildman–Crippen LogP) is 3.06. The lowest BCUT2D eigenvalue weighted by Gasteiger charge is -2.13. The molecule has 4 heteroatoms. The third-order valence-corrected chi connectivity index (χ3v) is 3.94. The van der Waals surface area contributed by atoms with Crippen LogP contribution in [-0.2, 0) is 11.3 Å². The third kappa shape index (κ3) is 2.19. The van der Waals surface area contributed by atoms with Gasteiger partial charge in [-0.25, -0.2) is 0 Å². The maximum atomic E-state index is 12.4. The Kier molecular flexibility index (Phi) is 3.51. The van der Waals surface area contributed by atoms with Gasteiger partial charge in [-0.1, -0.05) is 30.8 Å². The van der Waals surface area contributed by atoms with Gasteiger partial charge in [0.25, 0.3) is 5.91 Å². The van der Waals surface area contributed by atoms with Crippen molar-refractivity contribution in [3.05, 3.63) is 65.9 Å². The second-order valence-corrected chi connectivity index (χ2v) is 5.16. The first-order chi connectivity index (χ1) is 10.7. The Hall–Kier alpha value is -2.88. The van der Waals surface area contributed by atoms with Gasteiger partial charge in [0, 0.05) is 18.3 Å². The van der Waals surface area contributed by atoms with Crippen molar-refractivity contribution in [1.29, 1.82) is 0 Å². The van der Waals surface area contributed by atoms with Crippen LogP contribution in [0, 0.1) is 0 Å². The van der Waals surface area contributed by atoms with Gasteiger partial charge in [0.05, 0.1) is 12.2 Å². The van der Waals surface area contributed by atoms with Gasteiger partial charge in [0.2, 0.25) is 0 Å². The van der Waals surface area contributed by atoms with Crippen molar-refractivity contribution < 1.29 is 9.59 Å². The molecular formula is C18H16N2O2. The Morgan fingerprint density at radius 3 is 2.50 bits per heavy atom. The minimum Gasteiger partial charge on any atom is -0.388 e. The molecule has 2 aromatic carbocycles. The quantitative estimate of drug-likeness (QED) is 0.696. The highest BCUT2D eigenvalue weighted by molar-refractivity contribution is 6.03. The van der Waals surface area contributed by atoms with Crippen LogP contribution in [0.25, 0.3) is 11.1 Å². The molecule has 0 atom stereocenters. The number of fused-ring (bicyclic) bond motifs is 1. The number of aldehydes is 1. The molecule has 0 saturated heterocycles. The van der Waals surface area contributed by atoms with E-state index in [2.05, 4.69) is 11.9 Å². The van der Waals surface area contributed by atoms with Crippen LogP contribution in [0.15, 0.2) is 54.7 Å². The highest BCUT2D eigenvalue weighted by atomic mass is 16.2. The standard InChI is InChI=1S/C18H16N2O2/c1-12(11-21)20-10-17-15(4-3-5-16(17)18(20)22)13-6-8-14(19-2)9-7-13/h3-9,11,19H,1,10H2,2H3. The number of anilines is 1. The lowest BCUT2D eigenvalue weighted by molar-refractivity contribution is -0.106. The van der Waals surface area contributed by atoms with E-state index in [1.807, 2.05) is 43.4 Å². The lowest BCUT2D eigenvalue weighted by Crippen LogP contribution is -2.23. The maximum Gasteiger partial charge on any atom is 0.259 e. The van der Waals surface area contributed by atoms with Crippen molar-refractivity contribution in [2.75, 3.05) is 12.4 Å². The van der Waals surface area contributed by atoms with Gasteiger partial charge in [0.15, 0.2) is 6.29 Å². The van der Waals surface area contributed by atoms with Crippen molar-refractivity contribution in [2.24, 2.45) is 0 Å². The highest BCUT2D eigenvalue weighted by Crippen LogP contribution is 2.34. The Morgan fingerprint density at radius 1 is 1.18 bits per heavy atom. The van der Waals surface area contributed by atoms with E-state index in [1.54, 1.807) is 6.07 Å². The average Bonchev–Trinajstić information content (AvgIpc) is 2.91. The van der Waals surface area contributed by atoms with Crippen LogP contribution in [0.4, 0.5) is 5.69 Å². The monoisotopic (exact) mass is 292 g/mol. The van der Waals surface area contributed by atoms with E-state index < -0.39 is 0 Å². The average molecular weight is 292 g/mol. The van der Waals surface area contributed by atoms with E-state index in [-0.39, 0.29) is 11.6 Å². The second kappa shape index (κ2) is 5.48. The Bertz CT molecular complexity index is 763. The van der Waals surface area contributed by atoms with E-state index >= 15 is 0 Å². The fourth-order valence-corrected chi connectivity index (χ4v) is 2.72. The molecule has 1 aliphatic rings. The largest absolute Gasteiger partial charge is 0.388 e. The summed E-state index contributed by atoms with van der Waals surface area (Å²) < 4.78 is 0. The first kappa shape index (κ1) is 14.1. The molecule has 0 unspecified atom stereocenters. The zero-order valence-corrected chi connectivity index (χ0v) is 12.3. The Labute approximate surface area is 129 Å². The summed E-state index contributed by atoms with van der Waals surface area (Å²) in [6.45, 7) is 4.03. The smallest absolute Gasteiger partial charge is 0.259 e. The van der Waals surface area contributed by atoms with Gasteiger partial charge in [-0.3, -0.25) is 9.59 Å². The molecule has 0 bridgehead atoms. The van der Waals surface area contributed by atoms with Gasteiger partial charge >= 0.3 is 0 Å². The topological polar surface area (TPSA) is 49.4 Å². The first-order valence-corrected chi connectivity index (χ1v) is 7.01. The molecule has 2 aromatic rings. The van der Waals surface area contributed by atoms with Crippen molar-refractivity contribution in [1.82, 2.24) is 4.90 Å². The molecule has 1 amide bonds. The molecule has 1 aliphatic heterocycles. The maximum absolute atomic E-state index is 12.4. The van der Waals surface area contributed by atoms with Gasteiger partial charge in [-0.05, 0) is 34.9 Å². The van der Waals surface area contributed by atoms with Gasteiger partial charge in [-0.2, -0.15) is 0 Å². The number of allylic oxidation sites excluding steroid dienone is 1. The van der Waals surface area contributed by atoms with Crippen molar-refractivity contribution in [3.8, 4) is 11.1 Å². The van der Waals surface area contributed by atoms with E-state index in [0.29, 0.717) is 18.4 Å². The summed E-state index contributed by atoms with van der Waals surface area (Å²) in [7, 11) is 1.87. The Morgan fingerprint density at radius 2 is 1.86 bits per heavy atom. The molecule has 3 rings (SSSR count). The molecule has 1 heterocycles. The van der Waals surface area contributed by atoms with Crippen LogP contribution in [-0.4, -0.2) is 24.1 Å². The van der Waals surface area contributed by atoms with E-state index in [9.17, 15) is 9.59 Å². The van der Waals surface area contributed by atoms with Crippen LogP contribution in [0.3, 0.4) is 0 Å². The fourth-order valence-electron chi connectivity index (χ4n) is 2.72. The molecule has 0 aromatic heterocycles. The van der Waals surface area contributed by atoms with Crippen LogP contribution < -0.4 is 5.32 Å². The van der Waals surface area contributed by atoms with Crippen LogP contribution in [0.2, 0.25) is 0 Å². The first-order valence-electron chi connectivity index (χ1n) is 7.01. The SMILES string of the molecule is C=C(C=O)N1Cc2c(cccc2-c2ccc(NC)cc2)C1=O. The van der Waals surface area contributed by atoms with Crippen molar-refractivity contribution in [3.63, 3.8) is 0 Å². The predicted molar refractivity (Wildman–Crippen MR) is 86.5 cm³/mol. The molecule has 4 nitrogen and oxygen atoms in total. The number of hydrogen-bond donors (Lipinski definition) is 1. The number of nitrogens with one attached hydrogen (secondary N) is 1. The van der Waals surface area contributed by atoms with Crippen LogP contribution in [0.5, 0.6) is 0 Å². The summed E-state index contributed by atoms with van der Waals surface area (Å²) in [5.74, 6) is -0.166. The number of hydrogen-bond acceptors (Lipinski definition) is 3. The van der Waals surface area contributed by atoms with Crippen molar-refractivity contribution >= 4 is 17.9 Å². The Balaban J connectivity index is 2.05. The molecule has 0 spiro atoms. The molecule has 0 radical (unpaired) electrons. The van der Waals surface area contributed by atoms with Gasteiger partial charge in [0.1, 0.15) is 0 Å². The van der Waals surface area contributed by atoms with Gasteiger partial charge < -0.3 is 10.2 Å². The number of amides is 1. The number of carbonyl (C=O) groups is 2. The summed E-state index contributed by atoms with van der Waals surface area (Å²) in [5, 5.41) is 3.08. The normalized spacial score (nSPS) is 13.0. The summed E-state index contributed by atoms with van der Waals surface area (Å²) >= 11 is 0. The zero-order valence-electron chi connectivity index (χ0n) is 12.3. The van der Waals surface area contributed by atoms with Crippen LogP contribution in [0.1, 0.15) is 15.9 Å². The summed E-state index contributed by atoms with van der Waals surface area (Å²) in [6, 6.07) is 13.7.